The lowest BCUT2D eigenvalue weighted by molar-refractivity contribution is 0.0424. The molecule has 0 spiro atoms. The van der Waals surface area contributed by atoms with Crippen molar-refractivity contribution in [1.29, 1.82) is 0 Å². The highest BCUT2D eigenvalue weighted by molar-refractivity contribution is 14.1. The summed E-state index contributed by atoms with van der Waals surface area (Å²) in [7, 11) is 0. The fourth-order valence-corrected chi connectivity index (χ4v) is 2.97. The van der Waals surface area contributed by atoms with Gasteiger partial charge in [0.25, 0.3) is 0 Å². The van der Waals surface area contributed by atoms with E-state index in [2.05, 4.69) is 53.8 Å². The van der Waals surface area contributed by atoms with Crippen molar-refractivity contribution in [2.75, 3.05) is 0 Å². The highest BCUT2D eigenvalue weighted by atomic mass is 127. The Kier molecular flexibility index (Phi) is 3.90. The molecule has 1 atom stereocenters. The first-order chi connectivity index (χ1) is 7.60. The van der Waals surface area contributed by atoms with Gasteiger partial charge >= 0.3 is 0 Å². The summed E-state index contributed by atoms with van der Waals surface area (Å²) in [5.41, 5.74) is 1.41. The van der Waals surface area contributed by atoms with Crippen molar-refractivity contribution in [3.63, 3.8) is 0 Å². The first-order valence-electron chi connectivity index (χ1n) is 6.03. The van der Waals surface area contributed by atoms with E-state index in [1.54, 1.807) is 0 Å². The van der Waals surface area contributed by atoms with E-state index in [4.69, 9.17) is 0 Å². The summed E-state index contributed by atoms with van der Waals surface area (Å²) in [4.78, 5) is 0. The molecule has 0 aliphatic heterocycles. The minimum atomic E-state index is -0.185. The van der Waals surface area contributed by atoms with Gasteiger partial charge < -0.3 is 5.11 Å². The highest BCUT2D eigenvalue weighted by Crippen LogP contribution is 2.41. The van der Waals surface area contributed by atoms with E-state index in [1.807, 2.05) is 0 Å². The maximum absolute atomic E-state index is 10.3. The fraction of sp³-hybridized carbons (Fsp3) is 0.571. The monoisotopic (exact) mass is 330 g/mol. The quantitative estimate of drug-likeness (QED) is 0.837. The van der Waals surface area contributed by atoms with Crippen molar-refractivity contribution >= 4 is 22.6 Å². The SMILES string of the molecule is CC1(C(O)Cc2ccc(I)cc2)CCCC1. The van der Waals surface area contributed by atoms with Gasteiger partial charge in [0, 0.05) is 3.57 Å². The third kappa shape index (κ3) is 2.77. The lowest BCUT2D eigenvalue weighted by Crippen LogP contribution is -2.31. The molecule has 0 aromatic heterocycles. The van der Waals surface area contributed by atoms with Crippen molar-refractivity contribution in [1.82, 2.24) is 0 Å². The van der Waals surface area contributed by atoms with Crippen LogP contribution in [0.3, 0.4) is 0 Å². The Bertz CT molecular complexity index is 338. The number of aliphatic hydroxyl groups excluding tert-OH is 1. The second-order valence-corrected chi connectivity index (χ2v) is 6.45. The average molecular weight is 330 g/mol. The number of benzene rings is 1. The molecule has 88 valence electrons. The summed E-state index contributed by atoms with van der Waals surface area (Å²) >= 11 is 2.31. The standard InChI is InChI=1S/C14H19IO/c1-14(8-2-3-9-14)13(16)10-11-4-6-12(15)7-5-11/h4-7,13,16H,2-3,8-10H2,1H3. The maximum Gasteiger partial charge on any atom is 0.0634 e. The predicted octanol–water partition coefficient (Wildman–Crippen LogP) is 3.77. The van der Waals surface area contributed by atoms with Crippen LogP contribution >= 0.6 is 22.6 Å². The zero-order chi connectivity index (χ0) is 11.6. The van der Waals surface area contributed by atoms with Gasteiger partial charge in [-0.1, -0.05) is 31.9 Å². The van der Waals surface area contributed by atoms with Crippen LogP contribution in [0, 0.1) is 8.99 Å². The number of aliphatic hydroxyl groups is 1. The molecular weight excluding hydrogens is 311 g/mol. The summed E-state index contributed by atoms with van der Waals surface area (Å²) in [6.45, 7) is 2.23. The number of rotatable bonds is 3. The van der Waals surface area contributed by atoms with E-state index in [0.717, 1.165) is 6.42 Å². The average Bonchev–Trinajstić information content (AvgIpc) is 2.70. The highest BCUT2D eigenvalue weighted by Gasteiger charge is 2.35. The van der Waals surface area contributed by atoms with Crippen molar-refractivity contribution in [2.24, 2.45) is 5.41 Å². The zero-order valence-electron chi connectivity index (χ0n) is 9.75. The molecule has 1 N–H and O–H groups in total. The topological polar surface area (TPSA) is 20.2 Å². The van der Waals surface area contributed by atoms with E-state index in [-0.39, 0.29) is 11.5 Å². The van der Waals surface area contributed by atoms with Gasteiger partial charge in [0.05, 0.1) is 6.10 Å². The molecule has 16 heavy (non-hydrogen) atoms. The van der Waals surface area contributed by atoms with Crippen molar-refractivity contribution in [2.45, 2.75) is 45.1 Å². The summed E-state index contributed by atoms with van der Waals surface area (Å²) in [6, 6.07) is 8.48. The molecule has 2 heteroatoms. The second-order valence-electron chi connectivity index (χ2n) is 5.21. The number of halogens is 1. The van der Waals surface area contributed by atoms with Gasteiger partial charge in [0.2, 0.25) is 0 Å². The number of hydrogen-bond donors (Lipinski definition) is 1. The second kappa shape index (κ2) is 5.05. The van der Waals surface area contributed by atoms with Gasteiger partial charge in [-0.05, 0) is 65.0 Å². The molecule has 2 rings (SSSR count). The van der Waals surface area contributed by atoms with Gasteiger partial charge in [-0.3, -0.25) is 0 Å². The first-order valence-corrected chi connectivity index (χ1v) is 7.10. The van der Waals surface area contributed by atoms with E-state index in [9.17, 15) is 5.11 Å². The van der Waals surface area contributed by atoms with Gasteiger partial charge in [-0.2, -0.15) is 0 Å². The third-order valence-corrected chi connectivity index (χ3v) is 4.61. The van der Waals surface area contributed by atoms with Crippen LogP contribution in [0.5, 0.6) is 0 Å². The largest absolute Gasteiger partial charge is 0.392 e. The molecular formula is C14H19IO. The molecule has 1 saturated carbocycles. The molecule has 1 aliphatic carbocycles. The molecule has 1 aliphatic rings. The Morgan fingerprint density at radius 3 is 2.38 bits per heavy atom. The van der Waals surface area contributed by atoms with Crippen LogP contribution in [-0.4, -0.2) is 11.2 Å². The molecule has 0 amide bonds. The zero-order valence-corrected chi connectivity index (χ0v) is 11.9. The molecule has 1 fully saturated rings. The summed E-state index contributed by atoms with van der Waals surface area (Å²) in [5, 5.41) is 10.3. The molecule has 0 radical (unpaired) electrons. The van der Waals surface area contributed by atoms with Crippen LogP contribution in [0.2, 0.25) is 0 Å². The van der Waals surface area contributed by atoms with Gasteiger partial charge in [-0.15, -0.1) is 0 Å². The van der Waals surface area contributed by atoms with E-state index >= 15 is 0 Å². The maximum atomic E-state index is 10.3. The van der Waals surface area contributed by atoms with E-state index in [1.165, 1.54) is 34.8 Å². The minimum Gasteiger partial charge on any atom is -0.392 e. The van der Waals surface area contributed by atoms with Crippen molar-refractivity contribution in [3.05, 3.63) is 33.4 Å². The summed E-state index contributed by atoms with van der Waals surface area (Å²) < 4.78 is 1.25. The van der Waals surface area contributed by atoms with Crippen LogP contribution in [0.4, 0.5) is 0 Å². The molecule has 0 saturated heterocycles. The Morgan fingerprint density at radius 2 is 1.81 bits per heavy atom. The minimum absolute atomic E-state index is 0.156. The Balaban J connectivity index is 2.01. The van der Waals surface area contributed by atoms with Gasteiger partial charge in [0.1, 0.15) is 0 Å². The van der Waals surface area contributed by atoms with Crippen molar-refractivity contribution < 1.29 is 5.11 Å². The van der Waals surface area contributed by atoms with Gasteiger partial charge in [-0.25, -0.2) is 0 Å². The van der Waals surface area contributed by atoms with Crippen LogP contribution in [-0.2, 0) is 6.42 Å². The third-order valence-electron chi connectivity index (χ3n) is 3.89. The molecule has 0 heterocycles. The van der Waals surface area contributed by atoms with E-state index in [0.29, 0.717) is 0 Å². The smallest absolute Gasteiger partial charge is 0.0634 e. The van der Waals surface area contributed by atoms with Crippen LogP contribution < -0.4 is 0 Å². The molecule has 1 aromatic carbocycles. The Hall–Kier alpha value is -0.0900. The van der Waals surface area contributed by atoms with E-state index < -0.39 is 0 Å². The van der Waals surface area contributed by atoms with Gasteiger partial charge in [0.15, 0.2) is 0 Å². The lowest BCUT2D eigenvalue weighted by atomic mass is 9.80. The Labute approximate surface area is 111 Å². The van der Waals surface area contributed by atoms with Crippen molar-refractivity contribution in [3.8, 4) is 0 Å². The normalized spacial score (nSPS) is 20.9. The first kappa shape index (κ1) is 12.4. The van der Waals surface area contributed by atoms with Crippen LogP contribution in [0.15, 0.2) is 24.3 Å². The Morgan fingerprint density at radius 1 is 1.25 bits per heavy atom. The predicted molar refractivity (Wildman–Crippen MR) is 75.4 cm³/mol. The lowest BCUT2D eigenvalue weighted by Gasteiger charge is -2.30. The fourth-order valence-electron chi connectivity index (χ4n) is 2.61. The summed E-state index contributed by atoms with van der Waals surface area (Å²) in [6.07, 6.45) is 5.53. The summed E-state index contributed by atoms with van der Waals surface area (Å²) in [5.74, 6) is 0. The molecule has 1 nitrogen and oxygen atoms in total. The van der Waals surface area contributed by atoms with Crippen LogP contribution in [0.1, 0.15) is 38.2 Å². The molecule has 1 unspecified atom stereocenters. The number of hydrogen-bond acceptors (Lipinski definition) is 1. The molecule has 0 bridgehead atoms. The molecule has 1 aromatic rings. The van der Waals surface area contributed by atoms with Crippen LogP contribution in [0.25, 0.3) is 0 Å².